The van der Waals surface area contributed by atoms with E-state index in [1.165, 1.54) is 18.4 Å². The van der Waals surface area contributed by atoms with Gasteiger partial charge in [-0.2, -0.15) is 0 Å². The maximum absolute atomic E-state index is 13.3. The first-order valence-corrected chi connectivity index (χ1v) is 13.2. The quantitative estimate of drug-likeness (QED) is 0.379. The minimum atomic E-state index is -0.104. The summed E-state index contributed by atoms with van der Waals surface area (Å²) in [5.74, 6) is 2.25. The van der Waals surface area contributed by atoms with Crippen molar-refractivity contribution < 1.29 is 9.47 Å². The second kappa shape index (κ2) is 10.3. The van der Waals surface area contributed by atoms with Crippen molar-refractivity contribution in [2.24, 2.45) is 0 Å². The second-order valence-corrected chi connectivity index (χ2v) is 9.94. The summed E-state index contributed by atoms with van der Waals surface area (Å²) >= 11 is 0. The summed E-state index contributed by atoms with van der Waals surface area (Å²) in [6, 6.07) is 16.4. The van der Waals surface area contributed by atoms with Gasteiger partial charge in [-0.3, -0.25) is 9.69 Å². The van der Waals surface area contributed by atoms with Crippen molar-refractivity contribution in [3.8, 4) is 11.5 Å². The van der Waals surface area contributed by atoms with Gasteiger partial charge in [0.2, 0.25) is 0 Å². The first-order chi connectivity index (χ1) is 18.2. The van der Waals surface area contributed by atoms with E-state index in [0.717, 1.165) is 36.0 Å². The molecule has 2 aliphatic rings. The summed E-state index contributed by atoms with van der Waals surface area (Å²) in [6.07, 6.45) is 5.45. The Morgan fingerprint density at radius 3 is 2.57 bits per heavy atom. The maximum Gasteiger partial charge on any atom is 0.252 e. The predicted molar refractivity (Wildman–Crippen MR) is 140 cm³/mol. The van der Waals surface area contributed by atoms with E-state index in [2.05, 4.69) is 44.5 Å². The van der Waals surface area contributed by atoms with Gasteiger partial charge in [-0.05, 0) is 47.4 Å². The fraction of sp³-hybridized carbons (Fsp3) is 0.429. The third-order valence-electron chi connectivity index (χ3n) is 7.50. The van der Waals surface area contributed by atoms with Crippen LogP contribution in [0.1, 0.15) is 68.1 Å². The van der Waals surface area contributed by atoms with Crippen LogP contribution in [0.2, 0.25) is 0 Å². The van der Waals surface area contributed by atoms with Gasteiger partial charge >= 0.3 is 0 Å². The second-order valence-electron chi connectivity index (χ2n) is 9.94. The topological polar surface area (TPSA) is 98.2 Å². The van der Waals surface area contributed by atoms with Crippen LogP contribution in [0.4, 0.5) is 0 Å². The number of aromatic nitrogens is 5. The number of fused-ring (bicyclic) bond motifs is 2. The summed E-state index contributed by atoms with van der Waals surface area (Å²) in [7, 11) is 0. The van der Waals surface area contributed by atoms with E-state index in [0.29, 0.717) is 49.4 Å². The molecule has 0 radical (unpaired) electrons. The van der Waals surface area contributed by atoms with Crippen LogP contribution in [0.3, 0.4) is 0 Å². The van der Waals surface area contributed by atoms with E-state index in [-0.39, 0.29) is 11.6 Å². The zero-order valence-electron chi connectivity index (χ0n) is 21.1. The highest BCUT2D eigenvalue weighted by Crippen LogP contribution is 2.35. The summed E-state index contributed by atoms with van der Waals surface area (Å²) in [4.78, 5) is 18.6. The molecule has 37 heavy (non-hydrogen) atoms. The standard InChI is InChI=1S/C28H32N6O3/c1-2-24(27-30-31-32-34(27)22-10-6-7-11-22)33(17-19-8-4-3-5-9-19)18-21-14-20-15-25-26(37-13-12-36-25)16-23(20)29-28(21)35/h3-5,8-9,14-16,22,24H,2,6-7,10-13,17-18H2,1H3,(H,29,35)/t24-/m0/s1. The molecule has 2 aromatic carbocycles. The van der Waals surface area contributed by atoms with Crippen LogP contribution >= 0.6 is 0 Å². The molecule has 9 nitrogen and oxygen atoms in total. The number of tetrazole rings is 1. The highest BCUT2D eigenvalue weighted by atomic mass is 16.6. The van der Waals surface area contributed by atoms with Gasteiger partial charge in [0.15, 0.2) is 17.3 Å². The molecule has 0 bridgehead atoms. The highest BCUT2D eigenvalue weighted by molar-refractivity contribution is 5.83. The van der Waals surface area contributed by atoms with Crippen LogP contribution in [0.15, 0.2) is 53.3 Å². The SMILES string of the molecule is CC[C@@H](c1nnnn1C1CCCC1)N(Cc1ccccc1)Cc1cc2cc3c(cc2[nH]c1=O)OCCO3. The molecule has 1 saturated carbocycles. The molecule has 0 amide bonds. The molecule has 1 aliphatic heterocycles. The summed E-state index contributed by atoms with van der Waals surface area (Å²) in [5, 5.41) is 13.9. The van der Waals surface area contributed by atoms with Gasteiger partial charge in [-0.1, -0.05) is 50.1 Å². The van der Waals surface area contributed by atoms with Crippen molar-refractivity contribution in [1.29, 1.82) is 0 Å². The van der Waals surface area contributed by atoms with Crippen molar-refractivity contribution in [2.45, 2.75) is 64.2 Å². The molecule has 6 rings (SSSR count). The first kappa shape index (κ1) is 23.7. The molecule has 0 spiro atoms. The summed E-state index contributed by atoms with van der Waals surface area (Å²) < 4.78 is 13.5. The van der Waals surface area contributed by atoms with E-state index < -0.39 is 0 Å². The fourth-order valence-corrected chi connectivity index (χ4v) is 5.65. The number of rotatable bonds is 8. The molecule has 1 fully saturated rings. The van der Waals surface area contributed by atoms with Crippen molar-refractivity contribution in [3.63, 3.8) is 0 Å². The highest BCUT2D eigenvalue weighted by Gasteiger charge is 2.30. The van der Waals surface area contributed by atoms with Crippen molar-refractivity contribution in [2.75, 3.05) is 13.2 Å². The number of hydrogen-bond donors (Lipinski definition) is 1. The van der Waals surface area contributed by atoms with Crippen LogP contribution in [0.25, 0.3) is 10.9 Å². The number of nitrogens with one attached hydrogen (secondary N) is 1. The van der Waals surface area contributed by atoms with E-state index in [1.807, 2.05) is 41.1 Å². The van der Waals surface area contributed by atoms with Gasteiger partial charge in [-0.25, -0.2) is 4.68 Å². The van der Waals surface area contributed by atoms with E-state index >= 15 is 0 Å². The molecule has 1 aliphatic carbocycles. The third-order valence-corrected chi connectivity index (χ3v) is 7.50. The van der Waals surface area contributed by atoms with Crippen LogP contribution in [-0.2, 0) is 13.1 Å². The number of H-pyrrole nitrogens is 1. The number of benzene rings is 2. The molecule has 192 valence electrons. The Labute approximate surface area is 215 Å². The Bertz CT molecular complexity index is 1430. The Hall–Kier alpha value is -3.72. The largest absolute Gasteiger partial charge is 0.486 e. The average Bonchev–Trinajstić information content (AvgIpc) is 3.62. The van der Waals surface area contributed by atoms with Gasteiger partial charge < -0.3 is 14.5 Å². The average molecular weight is 501 g/mol. The minimum absolute atomic E-state index is 0.0360. The lowest BCUT2D eigenvalue weighted by Crippen LogP contribution is -2.32. The summed E-state index contributed by atoms with van der Waals surface area (Å²) in [6.45, 7) is 4.33. The molecule has 1 atom stereocenters. The molecule has 2 aromatic heterocycles. The van der Waals surface area contributed by atoms with Gasteiger partial charge in [0.1, 0.15) is 13.2 Å². The lowest BCUT2D eigenvalue weighted by atomic mass is 10.1. The normalized spacial score (nSPS) is 16.5. The van der Waals surface area contributed by atoms with Gasteiger partial charge in [-0.15, -0.1) is 5.10 Å². The van der Waals surface area contributed by atoms with E-state index in [1.54, 1.807) is 0 Å². The van der Waals surface area contributed by atoms with Gasteiger partial charge in [0.25, 0.3) is 5.56 Å². The lowest BCUT2D eigenvalue weighted by molar-refractivity contribution is 0.158. The molecule has 0 saturated heterocycles. The molecule has 4 aromatic rings. The maximum atomic E-state index is 13.3. The lowest BCUT2D eigenvalue weighted by Gasteiger charge is -2.31. The Morgan fingerprint density at radius 2 is 1.81 bits per heavy atom. The number of nitrogens with zero attached hydrogens (tertiary/aromatic N) is 5. The molecule has 1 N–H and O–H groups in total. The first-order valence-electron chi connectivity index (χ1n) is 13.2. The monoisotopic (exact) mass is 500 g/mol. The minimum Gasteiger partial charge on any atom is -0.486 e. The zero-order valence-corrected chi connectivity index (χ0v) is 21.1. The number of aromatic amines is 1. The van der Waals surface area contributed by atoms with E-state index in [9.17, 15) is 4.79 Å². The van der Waals surface area contributed by atoms with Crippen molar-refractivity contribution in [1.82, 2.24) is 30.1 Å². The Kier molecular flexibility index (Phi) is 6.61. The van der Waals surface area contributed by atoms with Gasteiger partial charge in [0, 0.05) is 30.1 Å². The van der Waals surface area contributed by atoms with Crippen LogP contribution in [0.5, 0.6) is 11.5 Å². The molecular formula is C28H32N6O3. The van der Waals surface area contributed by atoms with Crippen molar-refractivity contribution in [3.05, 3.63) is 75.8 Å². The summed E-state index contributed by atoms with van der Waals surface area (Å²) in [5.41, 5.74) is 2.51. The Balaban J connectivity index is 1.37. The zero-order chi connectivity index (χ0) is 25.2. The third kappa shape index (κ3) is 4.83. The molecule has 3 heterocycles. The predicted octanol–water partition coefficient (Wildman–Crippen LogP) is 4.55. The van der Waals surface area contributed by atoms with Crippen LogP contribution in [0, 0.1) is 0 Å². The van der Waals surface area contributed by atoms with E-state index in [4.69, 9.17) is 9.47 Å². The Morgan fingerprint density at radius 1 is 1.05 bits per heavy atom. The molecular weight excluding hydrogens is 468 g/mol. The van der Waals surface area contributed by atoms with Crippen molar-refractivity contribution >= 4 is 10.9 Å². The van der Waals surface area contributed by atoms with Crippen LogP contribution < -0.4 is 15.0 Å². The van der Waals surface area contributed by atoms with Gasteiger partial charge in [0.05, 0.1) is 17.6 Å². The smallest absolute Gasteiger partial charge is 0.252 e. The fourth-order valence-electron chi connectivity index (χ4n) is 5.65. The van der Waals surface area contributed by atoms with Crippen LogP contribution in [-0.4, -0.2) is 43.3 Å². The molecule has 0 unspecified atom stereocenters. The number of ether oxygens (including phenoxy) is 2. The number of hydrogen-bond acceptors (Lipinski definition) is 7. The number of pyridine rings is 1. The molecule has 9 heteroatoms.